The number of nitrogens with one attached hydrogen (secondary N) is 2. The van der Waals surface area contributed by atoms with E-state index < -0.39 is 0 Å². The average molecular weight is 356 g/mol. The van der Waals surface area contributed by atoms with Crippen molar-refractivity contribution in [1.82, 2.24) is 0 Å². The minimum Gasteiger partial charge on any atom is -0.410 e. The molecule has 0 fully saturated rings. The summed E-state index contributed by atoms with van der Waals surface area (Å²) in [4.78, 5) is 12.4. The smallest absolute Gasteiger partial charge is 0.258 e. The van der Waals surface area contributed by atoms with Gasteiger partial charge in [0.05, 0.1) is 11.3 Å². The first-order valence-corrected chi connectivity index (χ1v) is 7.43. The molecule has 0 unspecified atom stereocenters. The lowest BCUT2D eigenvalue weighted by Crippen LogP contribution is -2.12. The van der Waals surface area contributed by atoms with Crippen LogP contribution in [-0.2, 0) is 4.79 Å². The number of fused-ring (bicyclic) bond motifs is 2. The van der Waals surface area contributed by atoms with Gasteiger partial charge in [-0.25, -0.2) is 0 Å². The molecule has 0 saturated carbocycles. The monoisotopic (exact) mass is 355 g/mol. The molecule has 4 rings (SSSR count). The van der Waals surface area contributed by atoms with E-state index in [0.29, 0.717) is 17.0 Å². The highest BCUT2D eigenvalue weighted by Crippen LogP contribution is 2.39. The number of halogens is 1. The maximum atomic E-state index is 12.4. The Bertz CT molecular complexity index is 887. The number of hydrogen-bond acceptors (Lipinski definition) is 4. The molecular formula is C16H10BrN3O2. The topological polar surface area (TPSA) is 73.7 Å². The third-order valence-corrected chi connectivity index (χ3v) is 4.25. The van der Waals surface area contributed by atoms with E-state index in [1.165, 1.54) is 0 Å². The molecule has 0 aliphatic carbocycles. The van der Waals surface area contributed by atoms with Crippen LogP contribution in [0.5, 0.6) is 0 Å². The van der Waals surface area contributed by atoms with Gasteiger partial charge in [-0.15, -0.1) is 0 Å². The molecule has 22 heavy (non-hydrogen) atoms. The Labute approximate surface area is 134 Å². The van der Waals surface area contributed by atoms with Crippen LogP contribution in [-0.4, -0.2) is 16.8 Å². The molecule has 2 aromatic rings. The number of oxime groups is 1. The summed E-state index contributed by atoms with van der Waals surface area (Å²) in [6, 6.07) is 13.0. The Balaban J connectivity index is 1.97. The highest BCUT2D eigenvalue weighted by molar-refractivity contribution is 9.10. The number of hydrogen-bond donors (Lipinski definition) is 3. The van der Waals surface area contributed by atoms with E-state index in [-0.39, 0.29) is 5.91 Å². The molecule has 2 aliphatic heterocycles. The lowest BCUT2D eigenvalue weighted by Gasteiger charge is -2.05. The van der Waals surface area contributed by atoms with E-state index in [9.17, 15) is 10.0 Å². The predicted octanol–water partition coefficient (Wildman–Crippen LogP) is 3.42. The summed E-state index contributed by atoms with van der Waals surface area (Å²) in [5.41, 5.74) is 4.45. The zero-order chi connectivity index (χ0) is 15.3. The Kier molecular flexibility index (Phi) is 2.80. The number of amides is 1. The van der Waals surface area contributed by atoms with Gasteiger partial charge in [0.15, 0.2) is 0 Å². The van der Waals surface area contributed by atoms with Crippen LogP contribution in [0.2, 0.25) is 0 Å². The third kappa shape index (κ3) is 1.77. The van der Waals surface area contributed by atoms with Crippen LogP contribution in [0, 0.1) is 0 Å². The highest BCUT2D eigenvalue weighted by atomic mass is 79.9. The number of benzene rings is 2. The van der Waals surface area contributed by atoms with Crippen molar-refractivity contribution >= 4 is 44.5 Å². The lowest BCUT2D eigenvalue weighted by atomic mass is 10.0. The van der Waals surface area contributed by atoms with E-state index in [1.54, 1.807) is 0 Å². The van der Waals surface area contributed by atoms with Gasteiger partial charge in [-0.1, -0.05) is 39.3 Å². The Morgan fingerprint density at radius 3 is 2.59 bits per heavy atom. The Morgan fingerprint density at radius 1 is 1.00 bits per heavy atom. The fraction of sp³-hybridized carbons (Fsp3) is 0. The van der Waals surface area contributed by atoms with Gasteiger partial charge in [0.25, 0.3) is 5.91 Å². The molecule has 1 amide bonds. The van der Waals surface area contributed by atoms with Crippen LogP contribution < -0.4 is 10.6 Å². The molecule has 108 valence electrons. The van der Waals surface area contributed by atoms with Gasteiger partial charge in [0.1, 0.15) is 5.71 Å². The first-order valence-electron chi connectivity index (χ1n) is 6.63. The molecule has 0 saturated heterocycles. The van der Waals surface area contributed by atoms with Crippen LogP contribution in [0.25, 0.3) is 5.57 Å². The zero-order valence-electron chi connectivity index (χ0n) is 11.2. The van der Waals surface area contributed by atoms with Crippen molar-refractivity contribution in [2.45, 2.75) is 0 Å². The molecule has 0 atom stereocenters. The zero-order valence-corrected chi connectivity index (χ0v) is 12.8. The minimum atomic E-state index is -0.218. The van der Waals surface area contributed by atoms with Gasteiger partial charge in [0.2, 0.25) is 0 Å². The number of carbonyl (C=O) groups excluding carboxylic acids is 1. The van der Waals surface area contributed by atoms with Gasteiger partial charge in [-0.2, -0.15) is 0 Å². The third-order valence-electron chi connectivity index (χ3n) is 3.75. The van der Waals surface area contributed by atoms with Gasteiger partial charge in [-0.05, 0) is 24.3 Å². The molecule has 3 N–H and O–H groups in total. The summed E-state index contributed by atoms with van der Waals surface area (Å²) < 4.78 is 0.874. The normalized spacial score (nSPS) is 20.6. The van der Waals surface area contributed by atoms with Crippen molar-refractivity contribution in [3.05, 3.63) is 63.8 Å². The highest BCUT2D eigenvalue weighted by Gasteiger charge is 2.34. The summed E-state index contributed by atoms with van der Waals surface area (Å²) in [6.45, 7) is 0. The molecule has 6 heteroatoms. The van der Waals surface area contributed by atoms with Gasteiger partial charge in [-0.3, -0.25) is 4.79 Å². The van der Waals surface area contributed by atoms with Crippen molar-refractivity contribution in [1.29, 1.82) is 0 Å². The van der Waals surface area contributed by atoms with Crippen LogP contribution in [0.1, 0.15) is 11.1 Å². The molecule has 0 aromatic heterocycles. The molecule has 2 aliphatic rings. The summed E-state index contributed by atoms with van der Waals surface area (Å²) in [5.74, 6) is -0.218. The Morgan fingerprint density at radius 2 is 1.77 bits per heavy atom. The molecule has 0 radical (unpaired) electrons. The molecular weight excluding hydrogens is 346 g/mol. The van der Waals surface area contributed by atoms with Crippen LogP contribution in [0.15, 0.2) is 57.8 Å². The molecule has 2 heterocycles. The molecule has 2 aromatic carbocycles. The number of carbonyl (C=O) groups is 1. The first kappa shape index (κ1) is 13.1. The van der Waals surface area contributed by atoms with Crippen molar-refractivity contribution in [3.63, 3.8) is 0 Å². The minimum absolute atomic E-state index is 0.218. The second-order valence-corrected chi connectivity index (χ2v) is 5.93. The van der Waals surface area contributed by atoms with Crippen LogP contribution in [0.3, 0.4) is 0 Å². The Hall–Kier alpha value is -2.60. The number of nitrogens with zero attached hydrogens (tertiary/aromatic N) is 1. The summed E-state index contributed by atoms with van der Waals surface area (Å²) in [5, 5.41) is 18.8. The SMILES string of the molecule is O=C1Nc2ccc(Br)cc2/C1=C1/Nc2ccccc2/C1=N\O. The standard InChI is InChI=1S/C16H10BrN3O2/c17-8-5-6-12-10(7-8)13(16(21)19-12)15-14(20-22)9-3-1-2-4-11(9)18-15/h1-7,18,22H,(H,19,21)/b15-13-,20-14+. The fourth-order valence-electron chi connectivity index (χ4n) is 2.80. The number of allylic oxidation sites excluding steroid dienone is 1. The van der Waals surface area contributed by atoms with E-state index >= 15 is 0 Å². The van der Waals surface area contributed by atoms with E-state index in [4.69, 9.17) is 0 Å². The van der Waals surface area contributed by atoms with Gasteiger partial charge in [0, 0.05) is 27.0 Å². The predicted molar refractivity (Wildman–Crippen MR) is 88.1 cm³/mol. The molecule has 0 bridgehead atoms. The number of rotatable bonds is 0. The fourth-order valence-corrected chi connectivity index (χ4v) is 3.16. The lowest BCUT2D eigenvalue weighted by molar-refractivity contribution is -0.110. The summed E-state index contributed by atoms with van der Waals surface area (Å²) in [7, 11) is 0. The average Bonchev–Trinajstić information content (AvgIpc) is 3.03. The van der Waals surface area contributed by atoms with E-state index in [0.717, 1.165) is 27.0 Å². The number of anilines is 2. The van der Waals surface area contributed by atoms with E-state index in [2.05, 4.69) is 31.7 Å². The quantitative estimate of drug-likeness (QED) is 0.385. The first-order chi connectivity index (χ1) is 10.7. The molecule has 5 nitrogen and oxygen atoms in total. The maximum Gasteiger partial charge on any atom is 0.258 e. The number of para-hydroxylation sites is 1. The largest absolute Gasteiger partial charge is 0.410 e. The second-order valence-electron chi connectivity index (χ2n) is 5.01. The van der Waals surface area contributed by atoms with Crippen LogP contribution in [0.4, 0.5) is 11.4 Å². The maximum absolute atomic E-state index is 12.4. The van der Waals surface area contributed by atoms with Gasteiger partial charge < -0.3 is 15.8 Å². The van der Waals surface area contributed by atoms with Crippen molar-refractivity contribution in [2.24, 2.45) is 5.16 Å². The summed E-state index contributed by atoms with van der Waals surface area (Å²) in [6.07, 6.45) is 0. The second kappa shape index (κ2) is 4.71. The molecule has 0 spiro atoms. The van der Waals surface area contributed by atoms with Crippen molar-refractivity contribution in [2.75, 3.05) is 10.6 Å². The van der Waals surface area contributed by atoms with Crippen molar-refractivity contribution < 1.29 is 10.0 Å². The van der Waals surface area contributed by atoms with Crippen molar-refractivity contribution in [3.8, 4) is 0 Å². The van der Waals surface area contributed by atoms with E-state index in [1.807, 2.05) is 42.5 Å². The van der Waals surface area contributed by atoms with Gasteiger partial charge >= 0.3 is 0 Å². The van der Waals surface area contributed by atoms with Crippen LogP contribution >= 0.6 is 15.9 Å². The summed E-state index contributed by atoms with van der Waals surface area (Å²) >= 11 is 3.42.